The highest BCUT2D eigenvalue weighted by Crippen LogP contribution is 2.32. The van der Waals surface area contributed by atoms with Crippen molar-refractivity contribution in [3.8, 4) is 0 Å². The minimum Gasteiger partial charge on any atom is -0.311 e. The molecule has 1 heterocycles. The number of fused-ring (bicyclic) bond motifs is 1. The van der Waals surface area contributed by atoms with Gasteiger partial charge in [-0.25, -0.2) is 0 Å². The third kappa shape index (κ3) is 3.71. The molecular weight excluding hydrogens is 348 g/mol. The smallest absolute Gasteiger partial charge is 0.271 e. The van der Waals surface area contributed by atoms with Crippen molar-refractivity contribution < 1.29 is 9.72 Å². The number of non-ortho nitro benzene ring substituents is 1. The van der Waals surface area contributed by atoms with E-state index in [2.05, 4.69) is 0 Å². The van der Waals surface area contributed by atoms with Crippen molar-refractivity contribution >= 4 is 40.6 Å². The van der Waals surface area contributed by atoms with E-state index in [0.717, 1.165) is 17.5 Å². The van der Waals surface area contributed by atoms with Crippen LogP contribution in [0.2, 0.25) is 5.02 Å². The average molecular weight is 363 g/mol. The molecule has 2 aromatic rings. The van der Waals surface area contributed by atoms with Crippen LogP contribution >= 0.6 is 23.4 Å². The molecule has 5 nitrogen and oxygen atoms in total. The molecule has 0 atom stereocenters. The van der Waals surface area contributed by atoms with Crippen LogP contribution < -0.4 is 4.90 Å². The molecule has 3 rings (SSSR count). The molecule has 0 aliphatic carbocycles. The molecule has 1 aliphatic rings. The Morgan fingerprint density at radius 2 is 2.12 bits per heavy atom. The number of nitro groups is 1. The maximum absolute atomic E-state index is 12.5. The van der Waals surface area contributed by atoms with Gasteiger partial charge in [-0.3, -0.25) is 14.9 Å². The predicted molar refractivity (Wildman–Crippen MR) is 96.8 cm³/mol. The lowest BCUT2D eigenvalue weighted by molar-refractivity contribution is -0.384. The summed E-state index contributed by atoms with van der Waals surface area (Å²) in [5.41, 5.74) is 2.73. The minimum absolute atomic E-state index is 0.0139. The third-order valence-corrected chi connectivity index (χ3v) is 5.08. The molecule has 0 radical (unpaired) electrons. The fraction of sp³-hybridized carbons (Fsp3) is 0.235. The average Bonchev–Trinajstić information content (AvgIpc) is 2.98. The van der Waals surface area contributed by atoms with Crippen LogP contribution in [0.1, 0.15) is 11.1 Å². The van der Waals surface area contributed by atoms with Crippen LogP contribution in [-0.2, 0) is 17.0 Å². The summed E-state index contributed by atoms with van der Waals surface area (Å²) in [5.74, 6) is 0.998. The van der Waals surface area contributed by atoms with Gasteiger partial charge < -0.3 is 4.90 Å². The standard InChI is InChI=1S/C17H15ClN2O3S/c18-14-3-1-2-12(8-14)10-24-11-17(21)19-7-6-13-4-5-15(20(22)23)9-16(13)19/h1-5,8-9H,6-7,10-11H2. The largest absolute Gasteiger partial charge is 0.311 e. The zero-order valence-corrected chi connectivity index (χ0v) is 14.3. The zero-order chi connectivity index (χ0) is 17.1. The summed E-state index contributed by atoms with van der Waals surface area (Å²) < 4.78 is 0. The lowest BCUT2D eigenvalue weighted by Gasteiger charge is -2.17. The van der Waals surface area contributed by atoms with Crippen LogP contribution in [0.5, 0.6) is 0 Å². The van der Waals surface area contributed by atoms with E-state index in [1.807, 2.05) is 24.3 Å². The van der Waals surface area contributed by atoms with Crippen LogP contribution in [-0.4, -0.2) is 23.1 Å². The van der Waals surface area contributed by atoms with Crippen molar-refractivity contribution in [3.05, 3.63) is 68.7 Å². The van der Waals surface area contributed by atoms with E-state index in [1.54, 1.807) is 11.0 Å². The fourth-order valence-electron chi connectivity index (χ4n) is 2.70. The van der Waals surface area contributed by atoms with Crippen LogP contribution in [0.25, 0.3) is 0 Å². The van der Waals surface area contributed by atoms with Gasteiger partial charge in [-0.05, 0) is 29.7 Å². The highest BCUT2D eigenvalue weighted by molar-refractivity contribution is 7.99. The summed E-state index contributed by atoms with van der Waals surface area (Å²) in [4.78, 5) is 24.6. The normalized spacial score (nSPS) is 13.0. The Balaban J connectivity index is 1.63. The number of amides is 1. The topological polar surface area (TPSA) is 63.5 Å². The summed E-state index contributed by atoms with van der Waals surface area (Å²) >= 11 is 7.46. The Kier molecular flexibility index (Phi) is 5.06. The lowest BCUT2D eigenvalue weighted by Crippen LogP contribution is -2.30. The van der Waals surface area contributed by atoms with Crippen LogP contribution in [0.3, 0.4) is 0 Å². The molecule has 0 fully saturated rings. The van der Waals surface area contributed by atoms with E-state index in [4.69, 9.17) is 11.6 Å². The molecule has 0 unspecified atom stereocenters. The van der Waals surface area contributed by atoms with Crippen molar-refractivity contribution in [2.75, 3.05) is 17.2 Å². The number of carbonyl (C=O) groups excluding carboxylic acids is 1. The number of carbonyl (C=O) groups is 1. The summed E-state index contributed by atoms with van der Waals surface area (Å²) in [6.07, 6.45) is 0.734. The molecule has 24 heavy (non-hydrogen) atoms. The highest BCUT2D eigenvalue weighted by atomic mass is 35.5. The summed E-state index contributed by atoms with van der Waals surface area (Å²) in [7, 11) is 0. The van der Waals surface area contributed by atoms with E-state index < -0.39 is 4.92 Å². The van der Waals surface area contributed by atoms with Crippen LogP contribution in [0.4, 0.5) is 11.4 Å². The Morgan fingerprint density at radius 3 is 2.88 bits per heavy atom. The molecule has 0 bridgehead atoms. The molecule has 0 aromatic heterocycles. The lowest BCUT2D eigenvalue weighted by atomic mass is 10.1. The SMILES string of the molecule is O=C(CSCc1cccc(Cl)c1)N1CCc2ccc([N+](=O)[O-])cc21. The van der Waals surface area contributed by atoms with Gasteiger partial charge in [0.05, 0.1) is 16.4 Å². The van der Waals surface area contributed by atoms with Gasteiger partial charge in [0.2, 0.25) is 5.91 Å². The highest BCUT2D eigenvalue weighted by Gasteiger charge is 2.26. The maximum Gasteiger partial charge on any atom is 0.271 e. The monoisotopic (exact) mass is 362 g/mol. The second-order valence-electron chi connectivity index (χ2n) is 5.49. The Morgan fingerprint density at radius 1 is 1.29 bits per heavy atom. The van der Waals surface area contributed by atoms with E-state index in [9.17, 15) is 14.9 Å². The van der Waals surface area contributed by atoms with E-state index >= 15 is 0 Å². The number of hydrogen-bond acceptors (Lipinski definition) is 4. The van der Waals surface area contributed by atoms with Gasteiger partial charge in [-0.1, -0.05) is 29.8 Å². The molecule has 0 N–H and O–H groups in total. The van der Waals surface area contributed by atoms with Crippen LogP contribution in [0.15, 0.2) is 42.5 Å². The van der Waals surface area contributed by atoms with Gasteiger partial charge in [-0.2, -0.15) is 0 Å². The predicted octanol–water partition coefficient (Wildman–Crippen LogP) is 4.07. The van der Waals surface area contributed by atoms with Gasteiger partial charge in [-0.15, -0.1) is 11.8 Å². The third-order valence-electron chi connectivity index (χ3n) is 3.86. The number of thioether (sulfide) groups is 1. The van der Waals surface area contributed by atoms with Crippen molar-refractivity contribution in [1.82, 2.24) is 0 Å². The maximum atomic E-state index is 12.5. The quantitative estimate of drug-likeness (QED) is 0.594. The van der Waals surface area contributed by atoms with E-state index in [1.165, 1.54) is 23.9 Å². The first kappa shape index (κ1) is 16.8. The van der Waals surface area contributed by atoms with E-state index in [-0.39, 0.29) is 11.6 Å². The zero-order valence-electron chi connectivity index (χ0n) is 12.8. The molecule has 2 aromatic carbocycles. The fourth-order valence-corrected chi connectivity index (χ4v) is 3.76. The van der Waals surface area contributed by atoms with Crippen molar-refractivity contribution in [3.63, 3.8) is 0 Å². The molecule has 0 saturated carbocycles. The number of hydrogen-bond donors (Lipinski definition) is 0. The molecule has 124 valence electrons. The molecule has 1 aliphatic heterocycles. The van der Waals surface area contributed by atoms with Gasteiger partial charge >= 0.3 is 0 Å². The Hall–Kier alpha value is -2.05. The van der Waals surface area contributed by atoms with Gasteiger partial charge in [0.1, 0.15) is 0 Å². The number of halogens is 1. The first-order valence-electron chi connectivity index (χ1n) is 7.44. The first-order valence-corrected chi connectivity index (χ1v) is 8.98. The summed E-state index contributed by atoms with van der Waals surface area (Å²) in [6.45, 7) is 0.576. The van der Waals surface area contributed by atoms with Gasteiger partial charge in [0.25, 0.3) is 5.69 Å². The Bertz CT molecular complexity index is 797. The van der Waals surface area contributed by atoms with Gasteiger partial charge in [0.15, 0.2) is 0 Å². The molecule has 7 heteroatoms. The second kappa shape index (κ2) is 7.23. The molecular formula is C17H15ClN2O3S. The van der Waals surface area contributed by atoms with Gasteiger partial charge in [0, 0.05) is 29.5 Å². The van der Waals surface area contributed by atoms with Crippen molar-refractivity contribution in [2.24, 2.45) is 0 Å². The first-order chi connectivity index (χ1) is 11.5. The second-order valence-corrected chi connectivity index (χ2v) is 6.91. The summed E-state index contributed by atoms with van der Waals surface area (Å²) in [6, 6.07) is 12.3. The minimum atomic E-state index is -0.435. The molecule has 0 spiro atoms. The van der Waals surface area contributed by atoms with E-state index in [0.29, 0.717) is 28.8 Å². The molecule has 0 saturated heterocycles. The molecule has 1 amide bonds. The van der Waals surface area contributed by atoms with Crippen LogP contribution in [0, 0.1) is 10.1 Å². The summed E-state index contributed by atoms with van der Waals surface area (Å²) in [5, 5.41) is 11.6. The number of rotatable bonds is 5. The number of anilines is 1. The van der Waals surface area contributed by atoms with Crippen molar-refractivity contribution in [1.29, 1.82) is 0 Å². The Labute approximate surface area is 148 Å². The number of nitro benzene ring substituents is 1. The number of benzene rings is 2. The van der Waals surface area contributed by atoms with Crippen molar-refractivity contribution in [2.45, 2.75) is 12.2 Å². The number of nitrogens with zero attached hydrogens (tertiary/aromatic N) is 2.